The Kier molecular flexibility index (Phi) is 3.35. The summed E-state index contributed by atoms with van der Waals surface area (Å²) in [4.78, 5) is 15.4. The Morgan fingerprint density at radius 3 is 2.95 bits per heavy atom. The summed E-state index contributed by atoms with van der Waals surface area (Å²) < 4.78 is 5.67. The van der Waals surface area contributed by atoms with Gasteiger partial charge in [-0.15, -0.1) is 0 Å². The van der Waals surface area contributed by atoms with Crippen molar-refractivity contribution in [2.45, 2.75) is 45.6 Å². The fraction of sp³-hybridized carbons (Fsp3) is 0.500. The zero-order valence-electron chi connectivity index (χ0n) is 12.3. The predicted octanol–water partition coefficient (Wildman–Crippen LogP) is 3.91. The van der Waals surface area contributed by atoms with E-state index in [1.54, 1.807) is 12.1 Å². The van der Waals surface area contributed by atoms with Crippen LogP contribution in [0.5, 0.6) is 0 Å². The summed E-state index contributed by atoms with van der Waals surface area (Å²) >= 11 is 0. The van der Waals surface area contributed by atoms with E-state index < -0.39 is 5.97 Å². The van der Waals surface area contributed by atoms with Crippen LogP contribution in [0.3, 0.4) is 0 Å². The maximum atomic E-state index is 11.0. The Hall–Kier alpha value is -2.04. The number of aromatic nitrogens is 1. The smallest absolute Gasteiger partial charge is 0.335 e. The minimum atomic E-state index is -0.962. The van der Waals surface area contributed by atoms with Crippen LogP contribution in [0.2, 0.25) is 0 Å². The number of carboxylic acid groups (broad SMARTS) is 1. The van der Waals surface area contributed by atoms with Crippen LogP contribution in [0.15, 0.2) is 22.6 Å². The summed E-state index contributed by atoms with van der Waals surface area (Å²) in [6, 6.07) is 5.55. The van der Waals surface area contributed by atoms with E-state index in [9.17, 15) is 4.79 Å². The van der Waals surface area contributed by atoms with E-state index in [0.717, 1.165) is 6.42 Å². The van der Waals surface area contributed by atoms with Crippen molar-refractivity contribution >= 4 is 23.1 Å². The summed E-state index contributed by atoms with van der Waals surface area (Å²) in [6.45, 7) is 4.52. The van der Waals surface area contributed by atoms with Crippen molar-refractivity contribution in [1.82, 2.24) is 4.98 Å². The van der Waals surface area contributed by atoms with Gasteiger partial charge >= 0.3 is 5.97 Å². The number of hydrogen-bond donors (Lipinski definition) is 2. The molecule has 1 unspecified atom stereocenters. The molecule has 3 rings (SSSR count). The molecule has 0 aliphatic heterocycles. The van der Waals surface area contributed by atoms with Crippen LogP contribution in [0.4, 0.5) is 6.01 Å². The van der Waals surface area contributed by atoms with Gasteiger partial charge in [-0.05, 0) is 36.5 Å². The van der Waals surface area contributed by atoms with Crippen LogP contribution in [0.25, 0.3) is 11.1 Å². The van der Waals surface area contributed by atoms with Gasteiger partial charge in [0, 0.05) is 6.04 Å². The molecule has 2 N–H and O–H groups in total. The quantitative estimate of drug-likeness (QED) is 0.895. The first kappa shape index (κ1) is 13.9. The highest BCUT2D eigenvalue weighted by atomic mass is 16.4. The Morgan fingerprint density at radius 1 is 1.43 bits per heavy atom. The number of benzene rings is 1. The number of carboxylic acids is 1. The molecule has 1 aromatic heterocycles. The molecule has 1 aromatic carbocycles. The van der Waals surface area contributed by atoms with Gasteiger partial charge in [-0.25, -0.2) is 4.79 Å². The number of oxazole rings is 1. The van der Waals surface area contributed by atoms with Crippen molar-refractivity contribution in [1.29, 1.82) is 0 Å². The van der Waals surface area contributed by atoms with Crippen LogP contribution in [-0.4, -0.2) is 22.1 Å². The number of nitrogens with one attached hydrogen (secondary N) is 1. The lowest BCUT2D eigenvalue weighted by Gasteiger charge is -2.38. The second kappa shape index (κ2) is 5.06. The van der Waals surface area contributed by atoms with Gasteiger partial charge in [0.25, 0.3) is 6.01 Å². The number of hydrogen-bond acceptors (Lipinski definition) is 4. The number of anilines is 1. The minimum absolute atomic E-state index is 0.211. The summed E-state index contributed by atoms with van der Waals surface area (Å²) in [6.07, 6.45) is 4.77. The molecule has 1 atom stereocenters. The monoisotopic (exact) mass is 288 g/mol. The Morgan fingerprint density at radius 2 is 2.24 bits per heavy atom. The van der Waals surface area contributed by atoms with Crippen LogP contribution >= 0.6 is 0 Å². The number of rotatable bonds is 3. The van der Waals surface area contributed by atoms with Gasteiger partial charge in [0.1, 0.15) is 5.52 Å². The van der Waals surface area contributed by atoms with E-state index in [1.807, 2.05) is 0 Å². The van der Waals surface area contributed by atoms with E-state index in [-0.39, 0.29) is 11.0 Å². The summed E-state index contributed by atoms with van der Waals surface area (Å²) in [5.41, 5.74) is 1.61. The molecule has 1 aliphatic rings. The maximum Gasteiger partial charge on any atom is 0.335 e. The largest absolute Gasteiger partial charge is 0.478 e. The average molecular weight is 288 g/mol. The molecule has 0 bridgehead atoms. The van der Waals surface area contributed by atoms with E-state index in [0.29, 0.717) is 23.2 Å². The number of fused-ring (bicyclic) bond motifs is 1. The van der Waals surface area contributed by atoms with Crippen molar-refractivity contribution in [3.05, 3.63) is 23.8 Å². The van der Waals surface area contributed by atoms with Gasteiger partial charge in [-0.2, -0.15) is 4.98 Å². The molecule has 0 saturated heterocycles. The zero-order chi connectivity index (χ0) is 15.0. The van der Waals surface area contributed by atoms with Crippen molar-refractivity contribution in [3.63, 3.8) is 0 Å². The standard InChI is InChI=1S/C16H20N2O3/c1-16(2)8-4-3-5-13(16)18-15-17-11-7-6-10(14(19)20)9-12(11)21-15/h6-7,9,13H,3-5,8H2,1-2H3,(H,17,18)(H,19,20). The van der Waals surface area contributed by atoms with Crippen molar-refractivity contribution in [2.24, 2.45) is 5.41 Å². The number of aromatic carboxylic acids is 1. The number of carbonyl (C=O) groups is 1. The molecule has 5 nitrogen and oxygen atoms in total. The molecule has 0 amide bonds. The Balaban J connectivity index is 1.86. The summed E-state index contributed by atoms with van der Waals surface area (Å²) in [5, 5.41) is 12.4. The Bertz CT molecular complexity index is 675. The molecular formula is C16H20N2O3. The van der Waals surface area contributed by atoms with E-state index >= 15 is 0 Å². The Labute approximate surface area is 123 Å². The SMILES string of the molecule is CC1(C)CCCCC1Nc1nc2ccc(C(=O)O)cc2o1. The first-order chi connectivity index (χ1) is 9.95. The zero-order valence-corrected chi connectivity index (χ0v) is 12.3. The van der Waals surface area contributed by atoms with Crippen molar-refractivity contribution in [3.8, 4) is 0 Å². The molecule has 1 saturated carbocycles. The van der Waals surface area contributed by atoms with Gasteiger partial charge in [0.05, 0.1) is 5.56 Å². The normalized spacial score (nSPS) is 21.3. The predicted molar refractivity (Wildman–Crippen MR) is 80.6 cm³/mol. The third kappa shape index (κ3) is 2.73. The fourth-order valence-corrected chi connectivity index (χ4v) is 3.03. The van der Waals surface area contributed by atoms with Crippen LogP contribution in [0, 0.1) is 5.41 Å². The molecule has 1 heterocycles. The van der Waals surface area contributed by atoms with Gasteiger partial charge in [0.2, 0.25) is 0 Å². The lowest BCUT2D eigenvalue weighted by atomic mass is 9.73. The second-order valence-corrected chi connectivity index (χ2v) is 6.44. The molecule has 21 heavy (non-hydrogen) atoms. The molecule has 112 valence electrons. The molecule has 0 spiro atoms. The highest BCUT2D eigenvalue weighted by molar-refractivity contribution is 5.92. The summed E-state index contributed by atoms with van der Waals surface area (Å²) in [7, 11) is 0. The van der Waals surface area contributed by atoms with Gasteiger partial charge in [-0.1, -0.05) is 26.7 Å². The van der Waals surface area contributed by atoms with E-state index in [1.165, 1.54) is 25.3 Å². The lowest BCUT2D eigenvalue weighted by Crippen LogP contribution is -2.38. The van der Waals surface area contributed by atoms with Crippen molar-refractivity contribution in [2.75, 3.05) is 5.32 Å². The fourth-order valence-electron chi connectivity index (χ4n) is 3.03. The lowest BCUT2D eigenvalue weighted by molar-refractivity contribution is 0.0697. The third-order valence-corrected chi connectivity index (χ3v) is 4.44. The second-order valence-electron chi connectivity index (χ2n) is 6.44. The van der Waals surface area contributed by atoms with Gasteiger partial charge in [0.15, 0.2) is 5.58 Å². The topological polar surface area (TPSA) is 75.4 Å². The van der Waals surface area contributed by atoms with Crippen LogP contribution < -0.4 is 5.32 Å². The van der Waals surface area contributed by atoms with Crippen molar-refractivity contribution < 1.29 is 14.3 Å². The van der Waals surface area contributed by atoms with Crippen LogP contribution in [0.1, 0.15) is 49.9 Å². The van der Waals surface area contributed by atoms with E-state index in [2.05, 4.69) is 24.1 Å². The number of nitrogens with zero attached hydrogens (tertiary/aromatic N) is 1. The first-order valence-electron chi connectivity index (χ1n) is 7.36. The molecule has 1 aliphatic carbocycles. The van der Waals surface area contributed by atoms with Gasteiger partial charge < -0.3 is 14.8 Å². The molecule has 0 radical (unpaired) electrons. The van der Waals surface area contributed by atoms with Gasteiger partial charge in [-0.3, -0.25) is 0 Å². The molecule has 2 aromatic rings. The molecule has 1 fully saturated rings. The molecular weight excluding hydrogens is 268 g/mol. The minimum Gasteiger partial charge on any atom is -0.478 e. The maximum absolute atomic E-state index is 11.0. The first-order valence-corrected chi connectivity index (χ1v) is 7.36. The highest BCUT2D eigenvalue weighted by Gasteiger charge is 2.33. The van der Waals surface area contributed by atoms with Crippen LogP contribution in [-0.2, 0) is 0 Å². The average Bonchev–Trinajstić information content (AvgIpc) is 2.82. The third-order valence-electron chi connectivity index (χ3n) is 4.44. The van der Waals surface area contributed by atoms with E-state index in [4.69, 9.17) is 9.52 Å². The highest BCUT2D eigenvalue weighted by Crippen LogP contribution is 2.37. The summed E-state index contributed by atoms with van der Waals surface area (Å²) in [5.74, 6) is -0.962. The molecule has 5 heteroatoms.